The third kappa shape index (κ3) is 5.98. The van der Waals surface area contributed by atoms with Gasteiger partial charge in [0.2, 0.25) is 0 Å². The highest BCUT2D eigenvalue weighted by Crippen LogP contribution is 2.27. The number of hydrogen-bond acceptors (Lipinski definition) is 7. The Morgan fingerprint density at radius 2 is 1.62 bits per heavy atom. The summed E-state index contributed by atoms with van der Waals surface area (Å²) in [4.78, 5) is 23.8. The van der Waals surface area contributed by atoms with E-state index in [9.17, 15) is 9.59 Å². The minimum atomic E-state index is -0.467. The Hall–Kier alpha value is -4.07. The number of hydrazone groups is 1. The lowest BCUT2D eigenvalue weighted by Crippen LogP contribution is -2.24. The summed E-state index contributed by atoms with van der Waals surface area (Å²) in [6.45, 7) is 1.54. The van der Waals surface area contributed by atoms with Crippen LogP contribution in [-0.4, -0.2) is 45.0 Å². The number of nitrogens with zero attached hydrogens (tertiary/aromatic N) is 1. The first-order chi connectivity index (χ1) is 15.6. The number of fused-ring (bicyclic) bond motifs is 1. The maximum atomic E-state index is 12.2. The van der Waals surface area contributed by atoms with E-state index in [1.807, 2.05) is 36.4 Å². The molecule has 0 atom stereocenters. The molecule has 0 aliphatic rings. The van der Waals surface area contributed by atoms with Crippen molar-refractivity contribution >= 4 is 28.9 Å². The molecule has 0 heterocycles. The van der Waals surface area contributed by atoms with Gasteiger partial charge in [0, 0.05) is 5.56 Å². The van der Waals surface area contributed by atoms with Crippen LogP contribution in [0.1, 0.15) is 12.5 Å². The summed E-state index contributed by atoms with van der Waals surface area (Å²) in [5.74, 6) is 0.521. The third-order valence-electron chi connectivity index (χ3n) is 4.39. The Morgan fingerprint density at radius 3 is 2.41 bits per heavy atom. The second kappa shape index (κ2) is 11.4. The van der Waals surface area contributed by atoms with Crippen molar-refractivity contribution in [3.8, 4) is 17.2 Å². The van der Waals surface area contributed by atoms with Crippen LogP contribution >= 0.6 is 0 Å². The van der Waals surface area contributed by atoms with Crippen LogP contribution in [0.3, 0.4) is 0 Å². The van der Waals surface area contributed by atoms with E-state index < -0.39 is 11.9 Å². The van der Waals surface area contributed by atoms with E-state index in [0.717, 1.165) is 10.8 Å². The fourth-order valence-corrected chi connectivity index (χ4v) is 2.96. The fourth-order valence-electron chi connectivity index (χ4n) is 2.96. The van der Waals surface area contributed by atoms with Crippen molar-refractivity contribution in [2.45, 2.75) is 6.92 Å². The maximum Gasteiger partial charge on any atom is 0.344 e. The molecule has 0 aliphatic heterocycles. The summed E-state index contributed by atoms with van der Waals surface area (Å²) in [5, 5.41) is 5.86. The number of hydrogen-bond donors (Lipinski definition) is 1. The SMILES string of the molecule is CCOC(=O)COc1ccc2ccccc2c1/C=N\NC(=O)COc1ccccc1OC. The summed E-state index contributed by atoms with van der Waals surface area (Å²) in [7, 11) is 1.53. The van der Waals surface area contributed by atoms with Gasteiger partial charge in [-0.1, -0.05) is 42.5 Å². The molecule has 0 saturated carbocycles. The molecule has 1 N–H and O–H groups in total. The topological polar surface area (TPSA) is 95.5 Å². The van der Waals surface area contributed by atoms with Gasteiger partial charge in [-0.05, 0) is 35.9 Å². The molecule has 0 radical (unpaired) electrons. The smallest absolute Gasteiger partial charge is 0.344 e. The van der Waals surface area contributed by atoms with Crippen LogP contribution in [0, 0.1) is 0 Å². The predicted molar refractivity (Wildman–Crippen MR) is 120 cm³/mol. The van der Waals surface area contributed by atoms with Crippen molar-refractivity contribution in [2.75, 3.05) is 26.9 Å². The van der Waals surface area contributed by atoms with E-state index in [-0.39, 0.29) is 19.8 Å². The molecule has 8 heteroatoms. The van der Waals surface area contributed by atoms with Crippen LogP contribution in [0.25, 0.3) is 10.8 Å². The molecule has 0 unspecified atom stereocenters. The zero-order chi connectivity index (χ0) is 22.8. The number of carbonyl (C=O) groups excluding carboxylic acids is 2. The zero-order valence-electron chi connectivity index (χ0n) is 17.9. The van der Waals surface area contributed by atoms with Gasteiger partial charge >= 0.3 is 5.97 Å². The number of ether oxygens (including phenoxy) is 4. The second-order valence-corrected chi connectivity index (χ2v) is 6.52. The molecule has 0 aromatic heterocycles. The van der Waals surface area contributed by atoms with Gasteiger partial charge in [-0.15, -0.1) is 0 Å². The van der Waals surface area contributed by atoms with Gasteiger partial charge in [0.05, 0.1) is 19.9 Å². The molecular weight excluding hydrogens is 412 g/mol. The zero-order valence-corrected chi connectivity index (χ0v) is 17.9. The molecule has 3 rings (SSSR count). The van der Waals surface area contributed by atoms with Gasteiger partial charge in [-0.3, -0.25) is 4.79 Å². The van der Waals surface area contributed by atoms with Gasteiger partial charge in [0.15, 0.2) is 24.7 Å². The Bertz CT molecular complexity index is 1110. The second-order valence-electron chi connectivity index (χ2n) is 6.52. The number of esters is 1. The summed E-state index contributed by atoms with van der Waals surface area (Å²) in [6.07, 6.45) is 1.48. The molecule has 0 bridgehead atoms. The number of nitrogens with one attached hydrogen (secondary N) is 1. The Balaban J connectivity index is 1.69. The molecular formula is C24H24N2O6. The van der Waals surface area contributed by atoms with Gasteiger partial charge in [-0.25, -0.2) is 10.2 Å². The molecule has 8 nitrogen and oxygen atoms in total. The van der Waals surface area contributed by atoms with Crippen LogP contribution in [0.5, 0.6) is 17.2 Å². The number of para-hydroxylation sites is 2. The molecule has 3 aromatic rings. The van der Waals surface area contributed by atoms with Crippen LogP contribution in [0.2, 0.25) is 0 Å². The number of carbonyl (C=O) groups is 2. The molecule has 166 valence electrons. The van der Waals surface area contributed by atoms with Gasteiger partial charge in [0.25, 0.3) is 5.91 Å². The lowest BCUT2D eigenvalue weighted by Gasteiger charge is -2.11. The Labute approximate surface area is 185 Å². The molecule has 0 aliphatic carbocycles. The third-order valence-corrected chi connectivity index (χ3v) is 4.39. The van der Waals surface area contributed by atoms with E-state index in [1.54, 1.807) is 31.2 Å². The summed E-state index contributed by atoms with van der Waals surface area (Å²) >= 11 is 0. The quantitative estimate of drug-likeness (QED) is 0.298. The minimum Gasteiger partial charge on any atom is -0.493 e. The van der Waals surface area contributed by atoms with Crippen LogP contribution < -0.4 is 19.6 Å². The van der Waals surface area contributed by atoms with E-state index in [0.29, 0.717) is 22.8 Å². The highest BCUT2D eigenvalue weighted by Gasteiger charge is 2.11. The maximum absolute atomic E-state index is 12.2. The molecule has 3 aromatic carbocycles. The molecule has 0 saturated heterocycles. The van der Waals surface area contributed by atoms with E-state index >= 15 is 0 Å². The van der Waals surface area contributed by atoms with Crippen molar-refractivity contribution in [1.29, 1.82) is 0 Å². The monoisotopic (exact) mass is 436 g/mol. The summed E-state index contributed by atoms with van der Waals surface area (Å²) < 4.78 is 21.2. The lowest BCUT2D eigenvalue weighted by atomic mass is 10.0. The highest BCUT2D eigenvalue weighted by molar-refractivity contribution is 6.02. The lowest BCUT2D eigenvalue weighted by molar-refractivity contribution is -0.145. The van der Waals surface area contributed by atoms with Crippen molar-refractivity contribution in [2.24, 2.45) is 5.10 Å². The molecule has 1 amide bonds. The Morgan fingerprint density at radius 1 is 0.906 bits per heavy atom. The summed E-state index contributed by atoms with van der Waals surface area (Å²) in [6, 6.07) is 18.3. The Kier molecular flexibility index (Phi) is 8.02. The number of rotatable bonds is 10. The highest BCUT2D eigenvalue weighted by atomic mass is 16.6. The molecule has 32 heavy (non-hydrogen) atoms. The first kappa shape index (κ1) is 22.6. The number of methoxy groups -OCH3 is 1. The minimum absolute atomic E-state index is 0.230. The van der Waals surface area contributed by atoms with Crippen LogP contribution in [0.15, 0.2) is 65.8 Å². The molecule has 0 fully saturated rings. The first-order valence-corrected chi connectivity index (χ1v) is 10.00. The number of benzene rings is 3. The van der Waals surface area contributed by atoms with Crippen molar-refractivity contribution < 1.29 is 28.5 Å². The van der Waals surface area contributed by atoms with Crippen LogP contribution in [0.4, 0.5) is 0 Å². The van der Waals surface area contributed by atoms with Crippen LogP contribution in [-0.2, 0) is 14.3 Å². The normalized spacial score (nSPS) is 10.7. The summed E-state index contributed by atoms with van der Waals surface area (Å²) in [5.41, 5.74) is 3.06. The van der Waals surface area contributed by atoms with Gasteiger partial charge < -0.3 is 18.9 Å². The first-order valence-electron chi connectivity index (χ1n) is 10.00. The fraction of sp³-hybridized carbons (Fsp3) is 0.208. The van der Waals surface area contributed by atoms with Crippen molar-refractivity contribution in [3.63, 3.8) is 0 Å². The average Bonchev–Trinajstić information content (AvgIpc) is 2.82. The van der Waals surface area contributed by atoms with E-state index in [1.165, 1.54) is 13.3 Å². The molecule has 0 spiro atoms. The van der Waals surface area contributed by atoms with E-state index in [4.69, 9.17) is 18.9 Å². The average molecular weight is 436 g/mol. The van der Waals surface area contributed by atoms with Gasteiger partial charge in [-0.2, -0.15) is 5.10 Å². The predicted octanol–water partition coefficient (Wildman–Crippen LogP) is 3.32. The van der Waals surface area contributed by atoms with E-state index in [2.05, 4.69) is 10.5 Å². The van der Waals surface area contributed by atoms with Gasteiger partial charge in [0.1, 0.15) is 5.75 Å². The largest absolute Gasteiger partial charge is 0.493 e. The van der Waals surface area contributed by atoms with Crippen molar-refractivity contribution in [3.05, 3.63) is 66.2 Å². The standard InChI is InChI=1S/C24H24N2O6/c1-3-30-24(28)16-32-20-13-12-17-8-4-5-9-18(17)19(20)14-25-26-23(27)15-31-22-11-7-6-10-21(22)29-2/h4-14H,3,15-16H2,1-2H3,(H,26,27)/b25-14-. The number of amides is 1. The van der Waals surface area contributed by atoms with Crippen molar-refractivity contribution in [1.82, 2.24) is 5.43 Å².